The number of nitrogen functional groups attached to an aromatic ring is 1. The molecule has 0 spiro atoms. The molecule has 0 heterocycles. The largest absolute Gasteiger partial charge is 0.397 e. The zero-order chi connectivity index (χ0) is 14.9. The van der Waals surface area contributed by atoms with Crippen LogP contribution < -0.4 is 11.1 Å². The van der Waals surface area contributed by atoms with Crippen LogP contribution in [0.5, 0.6) is 0 Å². The number of sulfone groups is 1. The molecule has 0 unspecified atom stereocenters. The molecule has 2 aromatic carbocycles. The number of nitrogens with two attached hydrogens (primary N) is 1. The van der Waals surface area contributed by atoms with E-state index in [1.807, 2.05) is 6.07 Å². The summed E-state index contributed by atoms with van der Waals surface area (Å²) >= 11 is 9.34. The van der Waals surface area contributed by atoms with E-state index < -0.39 is 9.84 Å². The molecule has 0 aliphatic carbocycles. The Kier molecular flexibility index (Phi) is 4.27. The number of halogens is 2. The first-order valence-electron chi connectivity index (χ1n) is 5.59. The first-order chi connectivity index (χ1) is 9.27. The van der Waals surface area contributed by atoms with E-state index in [-0.39, 0.29) is 4.90 Å². The zero-order valence-electron chi connectivity index (χ0n) is 10.5. The van der Waals surface area contributed by atoms with Crippen LogP contribution in [0, 0.1) is 0 Å². The van der Waals surface area contributed by atoms with Crippen molar-refractivity contribution >= 4 is 54.4 Å². The van der Waals surface area contributed by atoms with Crippen molar-refractivity contribution in [2.45, 2.75) is 4.90 Å². The van der Waals surface area contributed by atoms with Gasteiger partial charge in [0.1, 0.15) is 0 Å². The molecule has 7 heteroatoms. The normalized spacial score (nSPS) is 11.3. The van der Waals surface area contributed by atoms with Gasteiger partial charge in [0.2, 0.25) is 0 Å². The molecule has 0 fully saturated rings. The summed E-state index contributed by atoms with van der Waals surface area (Å²) in [6.45, 7) is 0. The van der Waals surface area contributed by atoms with Crippen molar-refractivity contribution in [2.24, 2.45) is 0 Å². The lowest BCUT2D eigenvalue weighted by Gasteiger charge is -2.12. The van der Waals surface area contributed by atoms with E-state index >= 15 is 0 Å². The van der Waals surface area contributed by atoms with Gasteiger partial charge < -0.3 is 11.1 Å². The molecule has 2 rings (SSSR count). The lowest BCUT2D eigenvalue weighted by atomic mass is 10.2. The van der Waals surface area contributed by atoms with Crippen molar-refractivity contribution in [3.05, 3.63) is 45.9 Å². The second-order valence-electron chi connectivity index (χ2n) is 4.27. The summed E-state index contributed by atoms with van der Waals surface area (Å²) < 4.78 is 23.7. The fraction of sp³-hybridized carbons (Fsp3) is 0.0769. The van der Waals surface area contributed by atoms with Gasteiger partial charge in [0, 0.05) is 15.8 Å². The smallest absolute Gasteiger partial charge is 0.175 e. The third-order valence-corrected chi connectivity index (χ3v) is 4.69. The molecular weight excluding hydrogens is 364 g/mol. The number of benzene rings is 2. The van der Waals surface area contributed by atoms with Gasteiger partial charge in [-0.25, -0.2) is 8.42 Å². The maximum absolute atomic E-state index is 11.5. The maximum Gasteiger partial charge on any atom is 0.175 e. The third kappa shape index (κ3) is 3.45. The molecule has 4 nitrogen and oxygen atoms in total. The van der Waals surface area contributed by atoms with E-state index in [1.165, 1.54) is 12.1 Å². The minimum atomic E-state index is -3.27. The molecule has 0 saturated carbocycles. The Hall–Kier alpha value is -1.24. The minimum Gasteiger partial charge on any atom is -0.397 e. The van der Waals surface area contributed by atoms with Crippen molar-refractivity contribution in [3.63, 3.8) is 0 Å². The predicted molar refractivity (Wildman–Crippen MR) is 86.4 cm³/mol. The zero-order valence-corrected chi connectivity index (χ0v) is 13.7. The molecule has 0 atom stereocenters. The molecule has 2 aromatic rings. The van der Waals surface area contributed by atoms with Crippen LogP contribution in [0.4, 0.5) is 17.1 Å². The highest BCUT2D eigenvalue weighted by Gasteiger charge is 2.10. The van der Waals surface area contributed by atoms with Crippen LogP contribution in [-0.2, 0) is 9.84 Å². The van der Waals surface area contributed by atoms with Gasteiger partial charge in [0.05, 0.1) is 22.0 Å². The van der Waals surface area contributed by atoms with Crippen molar-refractivity contribution < 1.29 is 8.42 Å². The van der Waals surface area contributed by atoms with E-state index in [2.05, 4.69) is 21.2 Å². The standard InChI is InChI=1S/C13H12BrClN2O2S/c1-20(18,19)9-3-5-12(11(16)7-9)17-13-6-8(15)2-4-10(13)14/h2-7,17H,16H2,1H3. The summed E-state index contributed by atoms with van der Waals surface area (Å²) in [5.41, 5.74) is 7.58. The van der Waals surface area contributed by atoms with Gasteiger partial charge in [-0.2, -0.15) is 0 Å². The molecule has 106 valence electrons. The van der Waals surface area contributed by atoms with Crippen LogP contribution >= 0.6 is 27.5 Å². The first-order valence-corrected chi connectivity index (χ1v) is 8.65. The quantitative estimate of drug-likeness (QED) is 0.800. The van der Waals surface area contributed by atoms with Crippen LogP contribution in [0.15, 0.2) is 45.8 Å². The number of rotatable bonds is 3. The molecule has 3 N–H and O–H groups in total. The van der Waals surface area contributed by atoms with Gasteiger partial charge in [-0.15, -0.1) is 0 Å². The monoisotopic (exact) mass is 374 g/mol. The molecule has 0 amide bonds. The predicted octanol–water partition coefficient (Wildman–Crippen LogP) is 3.83. The van der Waals surface area contributed by atoms with Crippen molar-refractivity contribution in [1.82, 2.24) is 0 Å². The van der Waals surface area contributed by atoms with E-state index in [9.17, 15) is 8.42 Å². The molecule has 0 saturated heterocycles. The highest BCUT2D eigenvalue weighted by molar-refractivity contribution is 9.10. The van der Waals surface area contributed by atoms with E-state index in [0.717, 1.165) is 16.4 Å². The molecule has 20 heavy (non-hydrogen) atoms. The van der Waals surface area contributed by atoms with Crippen molar-refractivity contribution in [2.75, 3.05) is 17.3 Å². The summed E-state index contributed by atoms with van der Waals surface area (Å²) in [7, 11) is -3.27. The Morgan fingerprint density at radius 1 is 1.15 bits per heavy atom. The van der Waals surface area contributed by atoms with Crippen LogP contribution in [0.25, 0.3) is 0 Å². The molecule has 0 radical (unpaired) electrons. The van der Waals surface area contributed by atoms with E-state index in [1.54, 1.807) is 18.2 Å². The Morgan fingerprint density at radius 2 is 1.85 bits per heavy atom. The first kappa shape index (κ1) is 15.2. The highest BCUT2D eigenvalue weighted by atomic mass is 79.9. The fourth-order valence-corrected chi connectivity index (χ4v) is 2.80. The van der Waals surface area contributed by atoms with Crippen molar-refractivity contribution in [1.29, 1.82) is 0 Å². The van der Waals surface area contributed by atoms with Crippen LogP contribution in [0.1, 0.15) is 0 Å². The van der Waals surface area contributed by atoms with Gasteiger partial charge in [-0.05, 0) is 52.3 Å². The van der Waals surface area contributed by atoms with E-state index in [4.69, 9.17) is 17.3 Å². The maximum atomic E-state index is 11.5. The summed E-state index contributed by atoms with van der Waals surface area (Å²) in [5.74, 6) is 0. The topological polar surface area (TPSA) is 72.2 Å². The Balaban J connectivity index is 2.38. The molecule has 0 aliphatic heterocycles. The Morgan fingerprint density at radius 3 is 2.45 bits per heavy atom. The van der Waals surface area contributed by atoms with Gasteiger partial charge in [-0.1, -0.05) is 11.6 Å². The second kappa shape index (κ2) is 5.63. The van der Waals surface area contributed by atoms with Gasteiger partial charge >= 0.3 is 0 Å². The van der Waals surface area contributed by atoms with Crippen molar-refractivity contribution in [3.8, 4) is 0 Å². The lowest BCUT2D eigenvalue weighted by molar-refractivity contribution is 0.602. The number of hydrogen-bond acceptors (Lipinski definition) is 4. The van der Waals surface area contributed by atoms with Gasteiger partial charge in [0.15, 0.2) is 9.84 Å². The highest BCUT2D eigenvalue weighted by Crippen LogP contribution is 2.31. The average molecular weight is 376 g/mol. The van der Waals surface area contributed by atoms with Crippen LogP contribution in [0.3, 0.4) is 0 Å². The average Bonchev–Trinajstić information content (AvgIpc) is 2.35. The Labute approximate surface area is 131 Å². The Bertz CT molecular complexity index is 763. The third-order valence-electron chi connectivity index (χ3n) is 2.65. The van der Waals surface area contributed by atoms with Gasteiger partial charge in [-0.3, -0.25) is 0 Å². The molecule has 0 aliphatic rings. The second-order valence-corrected chi connectivity index (χ2v) is 7.58. The summed E-state index contributed by atoms with van der Waals surface area (Å²) in [5, 5.41) is 3.69. The number of hydrogen-bond donors (Lipinski definition) is 2. The van der Waals surface area contributed by atoms with E-state index in [0.29, 0.717) is 16.4 Å². The van der Waals surface area contributed by atoms with Crippen LogP contribution in [-0.4, -0.2) is 14.7 Å². The molecule has 0 bridgehead atoms. The minimum absolute atomic E-state index is 0.186. The molecule has 0 aromatic heterocycles. The van der Waals surface area contributed by atoms with Gasteiger partial charge in [0.25, 0.3) is 0 Å². The summed E-state index contributed by atoms with van der Waals surface area (Å²) in [4.78, 5) is 0.186. The summed E-state index contributed by atoms with van der Waals surface area (Å²) in [6, 6.07) is 9.87. The summed E-state index contributed by atoms with van der Waals surface area (Å²) in [6.07, 6.45) is 1.14. The number of anilines is 3. The molecular formula is C13H12BrClN2O2S. The van der Waals surface area contributed by atoms with Crippen LogP contribution in [0.2, 0.25) is 5.02 Å². The number of nitrogens with one attached hydrogen (secondary N) is 1. The SMILES string of the molecule is CS(=O)(=O)c1ccc(Nc2cc(Cl)ccc2Br)c(N)c1. The fourth-order valence-electron chi connectivity index (χ4n) is 1.62. The lowest BCUT2D eigenvalue weighted by Crippen LogP contribution is -2.01.